The Morgan fingerprint density at radius 2 is 1.97 bits per heavy atom. The molecule has 1 aliphatic heterocycles. The lowest BCUT2D eigenvalue weighted by molar-refractivity contribution is -0.148. The number of carbonyl (C=O) groups is 3. The van der Waals surface area contributed by atoms with Crippen molar-refractivity contribution in [1.82, 2.24) is 4.90 Å². The maximum atomic E-state index is 13.6. The summed E-state index contributed by atoms with van der Waals surface area (Å²) in [4.78, 5) is 45.2. The molecule has 2 aromatic rings. The second-order valence-electron chi connectivity index (χ2n) is 8.49. The van der Waals surface area contributed by atoms with Gasteiger partial charge in [-0.05, 0) is 61.6 Å². The van der Waals surface area contributed by atoms with Crippen molar-refractivity contribution in [3.05, 3.63) is 59.1 Å². The number of para-hydroxylation sites is 1. The average Bonchev–Trinajstić information content (AvgIpc) is 3.00. The number of primary amides is 1. The molecule has 1 fully saturated rings. The van der Waals surface area contributed by atoms with E-state index in [4.69, 9.17) is 26.9 Å². The van der Waals surface area contributed by atoms with Crippen LogP contribution >= 0.6 is 11.6 Å². The fourth-order valence-corrected chi connectivity index (χ4v) is 4.23. The minimum atomic E-state index is -0.647. The molecular weight excluding hydrogens is 470 g/mol. The molecule has 0 aliphatic carbocycles. The third-order valence-corrected chi connectivity index (χ3v) is 6.32. The molecule has 0 saturated carbocycles. The molecule has 186 valence electrons. The van der Waals surface area contributed by atoms with Gasteiger partial charge in [0.1, 0.15) is 5.75 Å². The zero-order chi connectivity index (χ0) is 25.4. The van der Waals surface area contributed by atoms with Gasteiger partial charge in [-0.25, -0.2) is 0 Å². The number of imide groups is 1. The highest BCUT2D eigenvalue weighted by molar-refractivity contribution is 6.30. The summed E-state index contributed by atoms with van der Waals surface area (Å²) >= 11 is 6.18. The summed E-state index contributed by atoms with van der Waals surface area (Å²) < 4.78 is 5.44. The van der Waals surface area contributed by atoms with Crippen LogP contribution in [-0.4, -0.2) is 42.0 Å². The zero-order valence-electron chi connectivity index (χ0n) is 19.9. The molecule has 2 atom stereocenters. The minimum Gasteiger partial charge on any atom is -0.496 e. The van der Waals surface area contributed by atoms with Crippen LogP contribution in [0, 0.1) is 11.8 Å². The van der Waals surface area contributed by atoms with E-state index in [1.807, 2.05) is 18.2 Å². The van der Waals surface area contributed by atoms with Crippen LogP contribution in [0.4, 0.5) is 0 Å². The number of ether oxygens (including phenoxy) is 1. The maximum absolute atomic E-state index is 13.6. The number of halogens is 1. The number of likely N-dealkylation sites (tertiary alicyclic amines) is 1. The molecule has 3 amide bonds. The average molecular weight is 500 g/mol. The maximum Gasteiger partial charge on any atom is 0.232 e. The van der Waals surface area contributed by atoms with E-state index in [-0.39, 0.29) is 18.9 Å². The summed E-state index contributed by atoms with van der Waals surface area (Å²) in [5.74, 6) is -1.35. The molecule has 0 aromatic heterocycles. The van der Waals surface area contributed by atoms with Gasteiger partial charge in [0, 0.05) is 23.3 Å². The zero-order valence-corrected chi connectivity index (χ0v) is 20.7. The number of nitrogens with two attached hydrogens (primary N) is 1. The SMILES string of the molecule is CC[C@@H](CC(=O)N1C/C(=N/Oc2ccccc2)CCC(Cc2cc(Cl)ccc2OC)C1=O)C(N)=O. The van der Waals surface area contributed by atoms with E-state index < -0.39 is 23.7 Å². The van der Waals surface area contributed by atoms with E-state index in [2.05, 4.69) is 5.16 Å². The molecule has 1 unspecified atom stereocenters. The largest absolute Gasteiger partial charge is 0.496 e. The van der Waals surface area contributed by atoms with E-state index in [1.54, 1.807) is 44.4 Å². The first-order valence-corrected chi connectivity index (χ1v) is 11.9. The predicted octanol–water partition coefficient (Wildman–Crippen LogP) is 3.99. The second-order valence-corrected chi connectivity index (χ2v) is 8.92. The fraction of sp³-hybridized carbons (Fsp3) is 0.385. The molecule has 0 spiro atoms. The van der Waals surface area contributed by atoms with Crippen molar-refractivity contribution in [3.8, 4) is 11.5 Å². The van der Waals surface area contributed by atoms with Crippen LogP contribution in [0.15, 0.2) is 53.7 Å². The third kappa shape index (κ3) is 7.05. The first-order chi connectivity index (χ1) is 16.8. The molecule has 3 rings (SSSR count). The Labute approximate surface area is 210 Å². The minimum absolute atomic E-state index is 0.0110. The normalized spacial score (nSPS) is 18.1. The fourth-order valence-electron chi connectivity index (χ4n) is 4.04. The second kappa shape index (κ2) is 12.4. The Hall–Kier alpha value is -3.39. The number of benzene rings is 2. The monoisotopic (exact) mass is 499 g/mol. The summed E-state index contributed by atoms with van der Waals surface area (Å²) in [6.07, 6.45) is 1.53. The first kappa shape index (κ1) is 26.2. The Balaban J connectivity index is 1.88. The van der Waals surface area contributed by atoms with E-state index in [9.17, 15) is 14.4 Å². The summed E-state index contributed by atoms with van der Waals surface area (Å²) in [5, 5.41) is 4.77. The highest BCUT2D eigenvalue weighted by Crippen LogP contribution is 2.29. The number of methoxy groups -OCH3 is 1. The van der Waals surface area contributed by atoms with Crippen molar-refractivity contribution >= 4 is 35.0 Å². The number of amides is 3. The number of nitrogens with zero attached hydrogens (tertiary/aromatic N) is 2. The van der Waals surface area contributed by atoms with Crippen molar-refractivity contribution < 1.29 is 24.0 Å². The molecule has 8 nitrogen and oxygen atoms in total. The Morgan fingerprint density at radius 1 is 1.23 bits per heavy atom. The Morgan fingerprint density at radius 3 is 2.63 bits per heavy atom. The summed E-state index contributed by atoms with van der Waals surface area (Å²) in [6.45, 7) is 1.77. The molecular formula is C26H30ClN3O5. The molecule has 35 heavy (non-hydrogen) atoms. The number of rotatable bonds is 9. The Kier molecular flexibility index (Phi) is 9.25. The van der Waals surface area contributed by atoms with E-state index in [0.29, 0.717) is 47.9 Å². The van der Waals surface area contributed by atoms with Gasteiger partial charge >= 0.3 is 0 Å². The van der Waals surface area contributed by atoms with Gasteiger partial charge in [0.15, 0.2) is 5.75 Å². The van der Waals surface area contributed by atoms with Gasteiger partial charge in [-0.1, -0.05) is 41.9 Å². The van der Waals surface area contributed by atoms with E-state index >= 15 is 0 Å². The van der Waals surface area contributed by atoms with Gasteiger partial charge < -0.3 is 15.3 Å². The van der Waals surface area contributed by atoms with Crippen molar-refractivity contribution in [2.24, 2.45) is 22.7 Å². The van der Waals surface area contributed by atoms with Gasteiger partial charge in [-0.2, -0.15) is 0 Å². The predicted molar refractivity (Wildman–Crippen MR) is 133 cm³/mol. The van der Waals surface area contributed by atoms with Gasteiger partial charge in [0.2, 0.25) is 17.7 Å². The molecule has 0 radical (unpaired) electrons. The summed E-state index contributed by atoms with van der Waals surface area (Å²) in [7, 11) is 1.55. The summed E-state index contributed by atoms with van der Waals surface area (Å²) in [5.41, 5.74) is 6.77. The van der Waals surface area contributed by atoms with Gasteiger partial charge in [0.05, 0.1) is 19.4 Å². The first-order valence-electron chi connectivity index (χ1n) is 11.6. The van der Waals surface area contributed by atoms with Crippen LogP contribution in [0.5, 0.6) is 11.5 Å². The topological polar surface area (TPSA) is 111 Å². The number of hydrogen-bond acceptors (Lipinski definition) is 6. The van der Waals surface area contributed by atoms with Crippen molar-refractivity contribution in [1.29, 1.82) is 0 Å². The lowest BCUT2D eigenvalue weighted by Crippen LogP contribution is -2.43. The molecule has 2 aromatic carbocycles. The van der Waals surface area contributed by atoms with Crippen molar-refractivity contribution in [3.63, 3.8) is 0 Å². The van der Waals surface area contributed by atoms with Crippen molar-refractivity contribution in [2.75, 3.05) is 13.7 Å². The third-order valence-electron chi connectivity index (χ3n) is 6.09. The van der Waals surface area contributed by atoms with Gasteiger partial charge in [0.25, 0.3) is 0 Å². The van der Waals surface area contributed by atoms with Crippen LogP contribution in [0.3, 0.4) is 0 Å². The molecule has 1 heterocycles. The standard InChI is InChI=1S/C26H30ClN3O5/c1-3-17(25(28)32)15-24(31)30-16-21(29-35-22-7-5-4-6-8-22)11-9-18(26(30)33)13-19-14-20(27)10-12-23(19)34-2/h4-8,10,12,14,17-18H,3,9,11,13,15-16H2,1-2H3,(H2,28,32)/b29-21+/t17-,18?/m0/s1. The number of hydrogen-bond donors (Lipinski definition) is 1. The molecule has 2 N–H and O–H groups in total. The lowest BCUT2D eigenvalue weighted by atomic mass is 9.93. The lowest BCUT2D eigenvalue weighted by Gasteiger charge is -2.24. The molecule has 0 bridgehead atoms. The van der Waals surface area contributed by atoms with E-state index in [0.717, 1.165) is 5.56 Å². The summed E-state index contributed by atoms with van der Waals surface area (Å²) in [6, 6.07) is 14.3. The highest BCUT2D eigenvalue weighted by Gasteiger charge is 2.35. The quantitative estimate of drug-likeness (QED) is 0.524. The number of carbonyl (C=O) groups excluding carboxylic acids is 3. The van der Waals surface area contributed by atoms with Gasteiger partial charge in [-0.3, -0.25) is 19.3 Å². The van der Waals surface area contributed by atoms with Crippen LogP contribution < -0.4 is 15.3 Å². The molecule has 1 saturated heterocycles. The van der Waals surface area contributed by atoms with Gasteiger partial charge in [-0.15, -0.1) is 0 Å². The highest BCUT2D eigenvalue weighted by atomic mass is 35.5. The molecule has 9 heteroatoms. The van der Waals surface area contributed by atoms with Crippen molar-refractivity contribution in [2.45, 2.75) is 39.0 Å². The van der Waals surface area contributed by atoms with Crippen LogP contribution in [0.1, 0.15) is 38.2 Å². The van der Waals surface area contributed by atoms with Crippen LogP contribution in [-0.2, 0) is 20.8 Å². The van der Waals surface area contributed by atoms with E-state index in [1.165, 1.54) is 4.90 Å². The van der Waals surface area contributed by atoms with Crippen LogP contribution in [0.25, 0.3) is 0 Å². The Bertz CT molecular complexity index is 1090. The smallest absolute Gasteiger partial charge is 0.232 e. The number of oxime groups is 1. The molecule has 1 aliphatic rings. The van der Waals surface area contributed by atoms with Crippen LogP contribution in [0.2, 0.25) is 5.02 Å².